The van der Waals surface area contributed by atoms with Gasteiger partial charge in [-0.25, -0.2) is 12.7 Å². The number of sulfonamides is 1. The molecule has 1 aromatic rings. The highest BCUT2D eigenvalue weighted by Crippen LogP contribution is 2.23. The van der Waals surface area contributed by atoms with Crippen molar-refractivity contribution in [2.75, 3.05) is 20.2 Å². The summed E-state index contributed by atoms with van der Waals surface area (Å²) in [7, 11) is -2.03. The fourth-order valence-electron chi connectivity index (χ4n) is 2.02. The van der Waals surface area contributed by atoms with Gasteiger partial charge in [-0.15, -0.1) is 0 Å². The Labute approximate surface area is 127 Å². The van der Waals surface area contributed by atoms with Crippen LogP contribution >= 0.6 is 0 Å². The normalized spacial score (nSPS) is 12.1. The van der Waals surface area contributed by atoms with Crippen LogP contribution in [0.2, 0.25) is 0 Å². The first kappa shape index (κ1) is 17.7. The summed E-state index contributed by atoms with van der Waals surface area (Å²) in [4.78, 5) is 0.181. The summed E-state index contributed by atoms with van der Waals surface area (Å²) in [5.74, 6) is 5.24. The highest BCUT2D eigenvalue weighted by atomic mass is 32.2. The van der Waals surface area contributed by atoms with Crippen molar-refractivity contribution in [3.05, 3.63) is 29.3 Å². The summed E-state index contributed by atoms with van der Waals surface area (Å²) in [6.07, 6.45) is 0. The van der Waals surface area contributed by atoms with E-state index in [0.717, 1.165) is 5.56 Å². The molecule has 21 heavy (non-hydrogen) atoms. The Balaban J connectivity index is 3.31. The zero-order chi connectivity index (χ0) is 16.3. The molecule has 0 saturated heterocycles. The van der Waals surface area contributed by atoms with Gasteiger partial charge in [0.25, 0.3) is 0 Å². The molecule has 0 aromatic heterocycles. The summed E-state index contributed by atoms with van der Waals surface area (Å²) >= 11 is 0. The SMILES string of the molecule is Cc1ccc(S(=O)(=O)N(C)CC(C)(C)C)c(C#CCO)c1. The quantitative estimate of drug-likeness (QED) is 0.869. The first-order valence-electron chi connectivity index (χ1n) is 6.74. The fourth-order valence-corrected chi connectivity index (χ4v) is 3.54. The second-order valence-corrected chi connectivity index (χ2v) is 8.29. The molecule has 0 aliphatic heterocycles. The lowest BCUT2D eigenvalue weighted by Crippen LogP contribution is -2.34. The fraction of sp³-hybridized carbons (Fsp3) is 0.500. The standard InChI is InChI=1S/C16H23NO3S/c1-13-8-9-15(14(11-13)7-6-10-18)21(19,20)17(5)12-16(2,3)4/h8-9,11,18H,10,12H2,1-5H3. The zero-order valence-electron chi connectivity index (χ0n) is 13.3. The number of nitrogens with zero attached hydrogens (tertiary/aromatic N) is 1. The molecular weight excluding hydrogens is 286 g/mol. The van der Waals surface area contributed by atoms with Crippen molar-refractivity contribution < 1.29 is 13.5 Å². The van der Waals surface area contributed by atoms with Crippen LogP contribution in [-0.4, -0.2) is 38.0 Å². The Hall–Kier alpha value is -1.35. The number of rotatable bonds is 3. The molecule has 0 aliphatic carbocycles. The Morgan fingerprint density at radius 1 is 1.29 bits per heavy atom. The van der Waals surface area contributed by atoms with Crippen molar-refractivity contribution in [3.63, 3.8) is 0 Å². The van der Waals surface area contributed by atoms with E-state index in [4.69, 9.17) is 5.11 Å². The largest absolute Gasteiger partial charge is 0.384 e. The van der Waals surface area contributed by atoms with Crippen LogP contribution in [-0.2, 0) is 10.0 Å². The number of benzene rings is 1. The Bertz CT molecular complexity index is 661. The van der Waals surface area contributed by atoms with Gasteiger partial charge in [0.05, 0.1) is 4.90 Å². The number of aliphatic hydroxyl groups excluding tert-OH is 1. The summed E-state index contributed by atoms with van der Waals surface area (Å²) in [5.41, 5.74) is 1.21. The van der Waals surface area contributed by atoms with E-state index < -0.39 is 10.0 Å². The van der Waals surface area contributed by atoms with Gasteiger partial charge in [0, 0.05) is 19.2 Å². The molecule has 1 rings (SSSR count). The van der Waals surface area contributed by atoms with Crippen LogP contribution in [0.1, 0.15) is 31.9 Å². The van der Waals surface area contributed by atoms with E-state index in [-0.39, 0.29) is 16.9 Å². The molecule has 116 valence electrons. The van der Waals surface area contributed by atoms with Crippen LogP contribution in [0.4, 0.5) is 0 Å². The summed E-state index contributed by atoms with van der Waals surface area (Å²) in [5, 5.41) is 8.82. The molecule has 4 nitrogen and oxygen atoms in total. The lowest BCUT2D eigenvalue weighted by atomic mass is 9.97. The Morgan fingerprint density at radius 2 is 1.90 bits per heavy atom. The molecule has 5 heteroatoms. The number of hydrogen-bond acceptors (Lipinski definition) is 3. The third kappa shape index (κ3) is 4.85. The lowest BCUT2D eigenvalue weighted by molar-refractivity contribution is 0.310. The monoisotopic (exact) mass is 309 g/mol. The number of aryl methyl sites for hydroxylation is 1. The van der Waals surface area contributed by atoms with E-state index in [1.165, 1.54) is 4.31 Å². The maximum atomic E-state index is 12.7. The van der Waals surface area contributed by atoms with Crippen LogP contribution in [0.15, 0.2) is 23.1 Å². The van der Waals surface area contributed by atoms with Gasteiger partial charge in [-0.1, -0.05) is 38.7 Å². The smallest absolute Gasteiger partial charge is 0.244 e. The van der Waals surface area contributed by atoms with Gasteiger partial charge >= 0.3 is 0 Å². The molecule has 0 amide bonds. The summed E-state index contributed by atoms with van der Waals surface area (Å²) < 4.78 is 26.8. The molecule has 0 bridgehead atoms. The lowest BCUT2D eigenvalue weighted by Gasteiger charge is -2.26. The molecule has 0 unspecified atom stereocenters. The van der Waals surface area contributed by atoms with Crippen molar-refractivity contribution in [1.82, 2.24) is 4.31 Å². The molecule has 0 saturated carbocycles. The van der Waals surface area contributed by atoms with E-state index in [2.05, 4.69) is 11.8 Å². The first-order valence-corrected chi connectivity index (χ1v) is 8.18. The highest BCUT2D eigenvalue weighted by Gasteiger charge is 2.27. The first-order chi connectivity index (χ1) is 9.58. The third-order valence-electron chi connectivity index (χ3n) is 2.82. The Morgan fingerprint density at radius 3 is 2.43 bits per heavy atom. The summed E-state index contributed by atoms with van der Waals surface area (Å²) in [6.45, 7) is 7.95. The van der Waals surface area contributed by atoms with E-state index in [1.807, 2.05) is 27.7 Å². The second kappa shape index (κ2) is 6.61. The van der Waals surface area contributed by atoms with Crippen molar-refractivity contribution >= 4 is 10.0 Å². The minimum Gasteiger partial charge on any atom is -0.384 e. The van der Waals surface area contributed by atoms with Crippen molar-refractivity contribution in [1.29, 1.82) is 0 Å². The molecule has 0 aliphatic rings. The predicted molar refractivity (Wildman–Crippen MR) is 84.4 cm³/mol. The number of hydrogen-bond donors (Lipinski definition) is 1. The average molecular weight is 309 g/mol. The van der Waals surface area contributed by atoms with Gasteiger partial charge < -0.3 is 5.11 Å². The molecule has 0 radical (unpaired) electrons. The molecule has 1 N–H and O–H groups in total. The molecule has 0 fully saturated rings. The van der Waals surface area contributed by atoms with E-state index in [0.29, 0.717) is 12.1 Å². The van der Waals surface area contributed by atoms with E-state index >= 15 is 0 Å². The minimum atomic E-state index is -3.60. The van der Waals surface area contributed by atoms with Crippen molar-refractivity contribution in [3.8, 4) is 11.8 Å². The van der Waals surface area contributed by atoms with Crippen LogP contribution in [0.5, 0.6) is 0 Å². The molecular formula is C16H23NO3S. The highest BCUT2D eigenvalue weighted by molar-refractivity contribution is 7.89. The van der Waals surface area contributed by atoms with Crippen LogP contribution in [0.25, 0.3) is 0 Å². The average Bonchev–Trinajstić information content (AvgIpc) is 2.34. The second-order valence-electron chi connectivity index (χ2n) is 6.28. The van der Waals surface area contributed by atoms with Gasteiger partial charge in [0.1, 0.15) is 6.61 Å². The third-order valence-corrected chi connectivity index (χ3v) is 4.68. The predicted octanol–water partition coefficient (Wildman–Crippen LogP) is 2.01. The summed E-state index contributed by atoms with van der Waals surface area (Å²) in [6, 6.07) is 5.05. The van der Waals surface area contributed by atoms with Gasteiger partial charge in [-0.05, 0) is 30.0 Å². The maximum Gasteiger partial charge on any atom is 0.244 e. The van der Waals surface area contributed by atoms with Crippen LogP contribution in [0.3, 0.4) is 0 Å². The van der Waals surface area contributed by atoms with Gasteiger partial charge in [-0.2, -0.15) is 0 Å². The van der Waals surface area contributed by atoms with Crippen LogP contribution in [0, 0.1) is 24.2 Å². The van der Waals surface area contributed by atoms with Crippen molar-refractivity contribution in [2.45, 2.75) is 32.6 Å². The molecule has 0 atom stereocenters. The Kier molecular flexibility index (Phi) is 5.57. The zero-order valence-corrected chi connectivity index (χ0v) is 14.1. The van der Waals surface area contributed by atoms with Gasteiger partial charge in [0.15, 0.2) is 0 Å². The molecule has 1 aromatic carbocycles. The van der Waals surface area contributed by atoms with E-state index in [9.17, 15) is 8.42 Å². The topological polar surface area (TPSA) is 57.6 Å². The number of aliphatic hydroxyl groups is 1. The minimum absolute atomic E-state index is 0.135. The van der Waals surface area contributed by atoms with Gasteiger partial charge in [-0.3, -0.25) is 0 Å². The van der Waals surface area contributed by atoms with Crippen molar-refractivity contribution in [2.24, 2.45) is 5.41 Å². The van der Waals surface area contributed by atoms with Crippen LogP contribution < -0.4 is 0 Å². The van der Waals surface area contributed by atoms with Gasteiger partial charge in [0.2, 0.25) is 10.0 Å². The maximum absolute atomic E-state index is 12.7. The van der Waals surface area contributed by atoms with E-state index in [1.54, 1.807) is 25.2 Å². The molecule has 0 spiro atoms. The molecule has 0 heterocycles.